The highest BCUT2D eigenvalue weighted by atomic mass is 16.5. The van der Waals surface area contributed by atoms with Gasteiger partial charge in [-0.05, 0) is 18.9 Å². The van der Waals surface area contributed by atoms with Crippen molar-refractivity contribution in [1.29, 1.82) is 0 Å². The molecule has 0 unspecified atom stereocenters. The van der Waals surface area contributed by atoms with E-state index in [4.69, 9.17) is 4.74 Å². The predicted octanol–water partition coefficient (Wildman–Crippen LogP) is 2.77. The summed E-state index contributed by atoms with van der Waals surface area (Å²) in [5.41, 5.74) is 1.28. The Labute approximate surface area is 141 Å². The van der Waals surface area contributed by atoms with E-state index in [0.29, 0.717) is 24.1 Å². The van der Waals surface area contributed by atoms with Gasteiger partial charge >= 0.3 is 0 Å². The lowest BCUT2D eigenvalue weighted by atomic mass is 10.2. The van der Waals surface area contributed by atoms with Crippen LogP contribution in [0, 0.1) is 0 Å². The largest absolute Gasteiger partial charge is 0.496 e. The number of benzene rings is 1. The van der Waals surface area contributed by atoms with Crippen molar-refractivity contribution >= 4 is 11.7 Å². The van der Waals surface area contributed by atoms with Crippen LogP contribution in [0.15, 0.2) is 36.7 Å². The highest BCUT2D eigenvalue weighted by Gasteiger charge is 2.16. The Bertz CT molecular complexity index is 699. The smallest absolute Gasteiger partial charge is 0.270 e. The molecule has 0 aliphatic heterocycles. The van der Waals surface area contributed by atoms with E-state index in [1.54, 1.807) is 13.2 Å². The summed E-state index contributed by atoms with van der Waals surface area (Å²) in [6, 6.07) is 9.76. The minimum atomic E-state index is -0.224. The van der Waals surface area contributed by atoms with Crippen LogP contribution >= 0.6 is 0 Å². The van der Waals surface area contributed by atoms with Gasteiger partial charge in [0, 0.05) is 24.2 Å². The number of hydrogen-bond acceptors (Lipinski definition) is 5. The van der Waals surface area contributed by atoms with E-state index in [0.717, 1.165) is 24.2 Å². The molecule has 1 saturated carbocycles. The summed E-state index contributed by atoms with van der Waals surface area (Å²) in [7, 11) is 1.62. The zero-order chi connectivity index (χ0) is 16.8. The molecule has 24 heavy (non-hydrogen) atoms. The van der Waals surface area contributed by atoms with Gasteiger partial charge in [-0.25, -0.2) is 9.97 Å². The summed E-state index contributed by atoms with van der Waals surface area (Å²) in [5, 5.41) is 6.25. The Morgan fingerprint density at radius 3 is 2.83 bits per heavy atom. The zero-order valence-electron chi connectivity index (χ0n) is 13.8. The minimum Gasteiger partial charge on any atom is -0.496 e. The molecule has 0 radical (unpaired) electrons. The Kier molecular flexibility index (Phi) is 5.25. The van der Waals surface area contributed by atoms with Crippen molar-refractivity contribution in [3.8, 4) is 5.75 Å². The monoisotopic (exact) mass is 326 g/mol. The van der Waals surface area contributed by atoms with Crippen molar-refractivity contribution in [2.75, 3.05) is 12.4 Å². The molecule has 0 spiro atoms. The molecule has 1 heterocycles. The number of methoxy groups -OCH3 is 1. The Balaban J connectivity index is 1.62. The van der Waals surface area contributed by atoms with Crippen LogP contribution in [0.4, 0.5) is 5.82 Å². The van der Waals surface area contributed by atoms with Crippen molar-refractivity contribution in [3.63, 3.8) is 0 Å². The van der Waals surface area contributed by atoms with Gasteiger partial charge in [0.05, 0.1) is 7.11 Å². The molecule has 0 saturated heterocycles. The molecule has 126 valence electrons. The summed E-state index contributed by atoms with van der Waals surface area (Å²) in [6.45, 7) is 0.387. The van der Waals surface area contributed by atoms with Crippen LogP contribution in [0.5, 0.6) is 5.75 Å². The second-order valence-corrected chi connectivity index (χ2v) is 5.91. The molecule has 0 bridgehead atoms. The molecule has 0 atom stereocenters. The SMILES string of the molecule is COc1ccccc1CNC(=O)c1cc(NC2CCCC2)ncn1. The summed E-state index contributed by atoms with van der Waals surface area (Å²) in [5.74, 6) is 1.24. The number of amides is 1. The number of rotatable bonds is 6. The number of anilines is 1. The fourth-order valence-electron chi connectivity index (χ4n) is 2.95. The van der Waals surface area contributed by atoms with Crippen molar-refractivity contribution in [2.45, 2.75) is 38.3 Å². The highest BCUT2D eigenvalue weighted by Crippen LogP contribution is 2.21. The topological polar surface area (TPSA) is 76.1 Å². The first-order chi connectivity index (χ1) is 11.8. The average Bonchev–Trinajstić information content (AvgIpc) is 3.13. The molecule has 6 nitrogen and oxygen atoms in total. The number of nitrogens with one attached hydrogen (secondary N) is 2. The van der Waals surface area contributed by atoms with E-state index >= 15 is 0 Å². The minimum absolute atomic E-state index is 0.224. The molecule has 1 aromatic heterocycles. The van der Waals surface area contributed by atoms with Crippen LogP contribution in [-0.4, -0.2) is 29.0 Å². The summed E-state index contributed by atoms with van der Waals surface area (Å²) < 4.78 is 5.29. The van der Waals surface area contributed by atoms with E-state index in [9.17, 15) is 4.79 Å². The lowest BCUT2D eigenvalue weighted by Crippen LogP contribution is -2.24. The third kappa shape index (κ3) is 4.01. The standard InChI is InChI=1S/C18H22N4O2/c1-24-16-9-5-2-6-13(16)11-19-18(23)15-10-17(21-12-20-15)22-14-7-3-4-8-14/h2,5-6,9-10,12,14H,3-4,7-8,11H2,1H3,(H,19,23)(H,20,21,22). The fraction of sp³-hybridized carbons (Fsp3) is 0.389. The third-order valence-corrected chi connectivity index (χ3v) is 4.24. The van der Waals surface area contributed by atoms with E-state index in [2.05, 4.69) is 20.6 Å². The number of carbonyl (C=O) groups excluding carboxylic acids is 1. The lowest BCUT2D eigenvalue weighted by Gasteiger charge is -2.13. The van der Waals surface area contributed by atoms with Gasteiger partial charge in [0.25, 0.3) is 5.91 Å². The maximum Gasteiger partial charge on any atom is 0.270 e. The number of hydrogen-bond donors (Lipinski definition) is 2. The van der Waals surface area contributed by atoms with Gasteiger partial charge in [-0.3, -0.25) is 4.79 Å². The first-order valence-corrected chi connectivity index (χ1v) is 8.25. The molecule has 6 heteroatoms. The molecule has 1 amide bonds. The first-order valence-electron chi connectivity index (χ1n) is 8.25. The van der Waals surface area contributed by atoms with Crippen molar-refractivity contribution < 1.29 is 9.53 Å². The molecular formula is C18H22N4O2. The second-order valence-electron chi connectivity index (χ2n) is 5.91. The second kappa shape index (κ2) is 7.77. The Hall–Kier alpha value is -2.63. The van der Waals surface area contributed by atoms with Crippen molar-refractivity contribution in [3.05, 3.63) is 47.9 Å². The predicted molar refractivity (Wildman–Crippen MR) is 92.1 cm³/mol. The maximum absolute atomic E-state index is 12.3. The van der Waals surface area contributed by atoms with Crippen molar-refractivity contribution in [2.24, 2.45) is 0 Å². The molecule has 1 aliphatic carbocycles. The molecular weight excluding hydrogens is 304 g/mol. The summed E-state index contributed by atoms with van der Waals surface area (Å²) in [6.07, 6.45) is 6.22. The van der Waals surface area contributed by atoms with Gasteiger partial charge in [0.2, 0.25) is 0 Å². The zero-order valence-corrected chi connectivity index (χ0v) is 13.8. The van der Waals surface area contributed by atoms with Gasteiger partial charge in [-0.2, -0.15) is 0 Å². The summed E-state index contributed by atoms with van der Waals surface area (Å²) in [4.78, 5) is 20.6. The van der Waals surface area contributed by atoms with Gasteiger partial charge in [0.1, 0.15) is 23.6 Å². The molecule has 3 rings (SSSR count). The quantitative estimate of drug-likeness (QED) is 0.853. The van der Waals surface area contributed by atoms with Crippen LogP contribution < -0.4 is 15.4 Å². The maximum atomic E-state index is 12.3. The molecule has 2 aromatic rings. The van der Waals surface area contributed by atoms with Crippen LogP contribution in [-0.2, 0) is 6.54 Å². The van der Waals surface area contributed by atoms with Gasteiger partial charge in [-0.15, -0.1) is 0 Å². The van der Waals surface area contributed by atoms with Crippen LogP contribution in [0.2, 0.25) is 0 Å². The van der Waals surface area contributed by atoms with E-state index in [1.807, 2.05) is 24.3 Å². The number of ether oxygens (including phenoxy) is 1. The number of carbonyl (C=O) groups is 1. The van der Waals surface area contributed by atoms with E-state index in [1.165, 1.54) is 19.2 Å². The number of aromatic nitrogens is 2. The first kappa shape index (κ1) is 16.2. The Morgan fingerprint density at radius 1 is 1.25 bits per heavy atom. The fourth-order valence-corrected chi connectivity index (χ4v) is 2.95. The normalized spacial score (nSPS) is 14.4. The molecule has 2 N–H and O–H groups in total. The lowest BCUT2D eigenvalue weighted by molar-refractivity contribution is 0.0945. The number of para-hydroxylation sites is 1. The van der Waals surface area contributed by atoms with E-state index < -0.39 is 0 Å². The molecule has 1 aliphatic rings. The third-order valence-electron chi connectivity index (χ3n) is 4.24. The number of nitrogens with zero attached hydrogens (tertiary/aromatic N) is 2. The Morgan fingerprint density at radius 2 is 2.04 bits per heavy atom. The van der Waals surface area contributed by atoms with Crippen LogP contribution in [0.1, 0.15) is 41.7 Å². The molecule has 1 fully saturated rings. The highest BCUT2D eigenvalue weighted by molar-refractivity contribution is 5.92. The van der Waals surface area contributed by atoms with Gasteiger partial charge in [-0.1, -0.05) is 31.0 Å². The van der Waals surface area contributed by atoms with Gasteiger partial charge < -0.3 is 15.4 Å². The van der Waals surface area contributed by atoms with Crippen LogP contribution in [0.3, 0.4) is 0 Å². The van der Waals surface area contributed by atoms with E-state index in [-0.39, 0.29) is 5.91 Å². The summed E-state index contributed by atoms with van der Waals surface area (Å²) >= 11 is 0. The van der Waals surface area contributed by atoms with Gasteiger partial charge in [0.15, 0.2) is 0 Å². The van der Waals surface area contributed by atoms with Crippen molar-refractivity contribution in [1.82, 2.24) is 15.3 Å². The van der Waals surface area contributed by atoms with Crippen LogP contribution in [0.25, 0.3) is 0 Å². The average molecular weight is 326 g/mol. The molecule has 1 aromatic carbocycles.